The molecule has 0 radical (unpaired) electrons. The molecule has 490 valence electrons. The highest BCUT2D eigenvalue weighted by Crippen LogP contribution is 2.76. The lowest BCUT2D eigenvalue weighted by Gasteiger charge is -2.72. The van der Waals surface area contributed by atoms with Crippen LogP contribution in [-0.4, -0.2) is 245 Å². The summed E-state index contributed by atoms with van der Waals surface area (Å²) < 4.78 is 61.3. The molecule has 4 heterocycles. The number of aliphatic hydroxyl groups is 12. The molecule has 0 spiro atoms. The van der Waals surface area contributed by atoms with Gasteiger partial charge >= 0.3 is 17.9 Å². The number of carbonyl (C=O) groups is 3. The first-order valence-electron chi connectivity index (χ1n) is 30.3. The molecule has 0 unspecified atom stereocenters. The van der Waals surface area contributed by atoms with Gasteiger partial charge < -0.3 is 114 Å². The number of esters is 2. The van der Waals surface area contributed by atoms with E-state index in [0.717, 1.165) is 5.57 Å². The molecular weight excluding hydrogens is 1140 g/mol. The number of hydrogen-bond acceptors (Lipinski definition) is 25. The molecule has 8 fully saturated rings. The molecule has 9 aliphatic rings. The second-order valence-electron chi connectivity index (χ2n) is 28.0. The van der Waals surface area contributed by atoms with Crippen molar-refractivity contribution >= 4 is 17.9 Å². The minimum atomic E-state index is -2.21. The van der Waals surface area contributed by atoms with E-state index in [4.69, 9.17) is 47.4 Å². The summed E-state index contributed by atoms with van der Waals surface area (Å²) >= 11 is 0. The maximum atomic E-state index is 13.5. The predicted octanol–water partition coefficient (Wildman–Crippen LogP) is -0.803. The van der Waals surface area contributed by atoms with Crippen LogP contribution in [0.4, 0.5) is 0 Å². The van der Waals surface area contributed by atoms with Crippen LogP contribution in [0.1, 0.15) is 121 Å². The predicted molar refractivity (Wildman–Crippen MR) is 293 cm³/mol. The Kier molecular flexibility index (Phi) is 19.3. The van der Waals surface area contributed by atoms with Gasteiger partial charge in [-0.05, 0) is 105 Å². The van der Waals surface area contributed by atoms with E-state index in [9.17, 15) is 80.8 Å². The van der Waals surface area contributed by atoms with Crippen LogP contribution in [0.2, 0.25) is 0 Å². The van der Waals surface area contributed by atoms with Gasteiger partial charge in [-0.15, -0.1) is 0 Å². The fourth-order valence-electron chi connectivity index (χ4n) is 17.4. The van der Waals surface area contributed by atoms with Gasteiger partial charge in [0.25, 0.3) is 0 Å². The van der Waals surface area contributed by atoms with Crippen molar-refractivity contribution in [2.24, 2.45) is 50.2 Å². The van der Waals surface area contributed by atoms with Crippen LogP contribution in [0.25, 0.3) is 0 Å². The van der Waals surface area contributed by atoms with Crippen molar-refractivity contribution in [3.63, 3.8) is 0 Å². The minimum Gasteiger partial charge on any atom is -0.479 e. The normalized spacial score (nSPS) is 50.9. The number of allylic oxidation sites excluding steroid dienone is 3. The first-order valence-corrected chi connectivity index (χ1v) is 30.3. The first kappa shape index (κ1) is 67.5. The fraction of sp³-hybridized carbons (Fsp3) is 0.883. The zero-order valence-corrected chi connectivity index (χ0v) is 50.9. The molecule has 4 saturated heterocycles. The maximum absolute atomic E-state index is 13.5. The molecule has 26 heteroatoms. The van der Waals surface area contributed by atoms with Crippen LogP contribution in [0.15, 0.2) is 23.3 Å². The van der Waals surface area contributed by atoms with Crippen molar-refractivity contribution in [1.82, 2.24) is 0 Å². The van der Waals surface area contributed by atoms with Gasteiger partial charge in [0.2, 0.25) is 0 Å². The Morgan fingerprint density at radius 3 is 1.91 bits per heavy atom. The van der Waals surface area contributed by atoms with Crippen molar-refractivity contribution in [1.29, 1.82) is 0 Å². The molecule has 0 aromatic carbocycles. The minimum absolute atomic E-state index is 0.0105. The molecule has 86 heavy (non-hydrogen) atoms. The standard InChI is InChI=1S/C60H94O26/c1-12-24(2)50(76)86-47-48(79-26(4)63)60(23-62)28(19-55(47,5)6)27-13-14-32-57(9)17-16-34(56(7,8)31(57)15-18-58(32,10)59(27,11)20-33(60)65)81-54-46(85-52-41(72)39(70)37(68)30(21-61)80-52)43(42(73)44(83-54)49(74)75)82-53-45(36(67)29(64)22-77-53)84-51-40(71)38(69)35(66)25(3)78-51/h12-13,25,28-48,51-54,61-62,64-73H,14-23H2,1-11H3,(H,74,75)/b24-12-/t25-,28-,29-,30+,31-,32+,33+,34-,35-,36-,37-,38+,39-,40+,41+,42-,43-,44-,45+,46+,47-,48-,51-,52-,53-,54+,57-,58+,59+,60-/m0/s1. The largest absolute Gasteiger partial charge is 0.479 e. The lowest BCUT2D eigenvalue weighted by molar-refractivity contribution is -0.400. The van der Waals surface area contributed by atoms with Crippen molar-refractivity contribution in [2.45, 2.75) is 262 Å². The highest BCUT2D eigenvalue weighted by Gasteiger charge is 2.74. The van der Waals surface area contributed by atoms with Crippen molar-refractivity contribution < 1.29 is 128 Å². The van der Waals surface area contributed by atoms with E-state index in [1.54, 1.807) is 19.9 Å². The van der Waals surface area contributed by atoms with E-state index in [1.165, 1.54) is 13.8 Å². The van der Waals surface area contributed by atoms with Gasteiger partial charge in [0.15, 0.2) is 31.3 Å². The van der Waals surface area contributed by atoms with Crippen LogP contribution in [0.3, 0.4) is 0 Å². The third kappa shape index (κ3) is 11.0. The third-order valence-corrected chi connectivity index (χ3v) is 22.6. The molecule has 13 N–H and O–H groups in total. The highest BCUT2D eigenvalue weighted by atomic mass is 16.8. The molecule has 5 aliphatic carbocycles. The number of rotatable bonds is 14. The summed E-state index contributed by atoms with van der Waals surface area (Å²) in [6.45, 7) is 18.6. The number of carboxylic acids is 1. The summed E-state index contributed by atoms with van der Waals surface area (Å²) in [6, 6.07) is 0. The fourth-order valence-corrected chi connectivity index (χ4v) is 17.4. The smallest absolute Gasteiger partial charge is 0.335 e. The van der Waals surface area contributed by atoms with Crippen LogP contribution >= 0.6 is 0 Å². The van der Waals surface area contributed by atoms with Gasteiger partial charge in [0.05, 0.1) is 43.5 Å². The van der Waals surface area contributed by atoms with Crippen LogP contribution in [0, 0.1) is 50.2 Å². The van der Waals surface area contributed by atoms with E-state index >= 15 is 0 Å². The molecule has 0 amide bonds. The van der Waals surface area contributed by atoms with E-state index in [-0.39, 0.29) is 18.3 Å². The Bertz CT molecular complexity index is 2530. The average molecular weight is 1230 g/mol. The summed E-state index contributed by atoms with van der Waals surface area (Å²) in [7, 11) is 0. The van der Waals surface area contributed by atoms with Gasteiger partial charge in [-0.3, -0.25) is 4.79 Å². The molecule has 26 nitrogen and oxygen atoms in total. The zero-order chi connectivity index (χ0) is 63.5. The van der Waals surface area contributed by atoms with Gasteiger partial charge in [0.1, 0.15) is 91.6 Å². The molecule has 30 atom stereocenters. The monoisotopic (exact) mass is 1230 g/mol. The lowest BCUT2D eigenvalue weighted by Crippen LogP contribution is -2.72. The van der Waals surface area contributed by atoms with E-state index < -0.39 is 217 Å². The SMILES string of the molecule is C/C=C(/C)C(=O)O[C@H]1[C@H](OC(C)=O)[C@]2(CO)[C@H](O)C[C@]3(C)C(=CC[C@@H]4[C@@]5(C)CC[C@H](O[C@@H]6O[C@H](C(=O)O)[C@@H](O)[C@H](O[C@@H]7OC[C@H](O)[C@H](O)[C@H]7O[C@@H]7O[C@@H](C)[C@H](O)[C@@H](O)[C@H]7O)[C@H]6O[C@@H]6O[C@H](CO)[C@H](O)[C@H](O)[C@H]6O)C(C)(C)[C@@H]5CC[C@]43C)[C@@H]2CC1(C)C. The maximum Gasteiger partial charge on any atom is 0.335 e. The summed E-state index contributed by atoms with van der Waals surface area (Å²) in [6.07, 6.45) is -31.9. The molecule has 4 aliphatic heterocycles. The Morgan fingerprint density at radius 2 is 1.29 bits per heavy atom. The lowest BCUT2D eigenvalue weighted by atomic mass is 9.33. The van der Waals surface area contributed by atoms with Gasteiger partial charge in [-0.2, -0.15) is 0 Å². The van der Waals surface area contributed by atoms with Crippen molar-refractivity contribution in [3.8, 4) is 0 Å². The second-order valence-corrected chi connectivity index (χ2v) is 28.0. The van der Waals surface area contributed by atoms with Gasteiger partial charge in [-0.1, -0.05) is 66.2 Å². The molecular formula is C60H94O26. The summed E-state index contributed by atoms with van der Waals surface area (Å²) in [5.74, 6) is -3.56. The van der Waals surface area contributed by atoms with E-state index in [2.05, 4.69) is 26.8 Å². The van der Waals surface area contributed by atoms with Crippen LogP contribution < -0.4 is 0 Å². The number of aliphatic carboxylic acids is 1. The molecule has 9 rings (SSSR count). The summed E-state index contributed by atoms with van der Waals surface area (Å²) in [5.41, 5.74) is -3.18. The average Bonchev–Trinajstić information content (AvgIpc) is 0.672. The number of ether oxygens (including phenoxy) is 10. The summed E-state index contributed by atoms with van der Waals surface area (Å²) in [5, 5.41) is 145. The number of fused-ring (bicyclic) bond motifs is 7. The number of carbonyl (C=O) groups excluding carboxylic acids is 2. The van der Waals surface area contributed by atoms with Crippen LogP contribution in [-0.2, 0) is 61.8 Å². The first-order chi connectivity index (χ1) is 40.1. The van der Waals surface area contributed by atoms with Crippen LogP contribution in [0.5, 0.6) is 0 Å². The topological polar surface area (TPSA) is 407 Å². The molecule has 0 aromatic heterocycles. The second kappa shape index (κ2) is 24.6. The van der Waals surface area contributed by atoms with E-state index in [0.29, 0.717) is 44.1 Å². The van der Waals surface area contributed by atoms with Crippen molar-refractivity contribution in [3.05, 3.63) is 23.3 Å². The highest BCUT2D eigenvalue weighted by molar-refractivity contribution is 5.87. The summed E-state index contributed by atoms with van der Waals surface area (Å²) in [4.78, 5) is 39.7. The Labute approximate surface area is 500 Å². The Morgan fingerprint density at radius 1 is 0.663 bits per heavy atom. The van der Waals surface area contributed by atoms with Gasteiger partial charge in [-0.25, -0.2) is 9.59 Å². The third-order valence-electron chi connectivity index (χ3n) is 22.6. The van der Waals surface area contributed by atoms with Crippen molar-refractivity contribution in [2.75, 3.05) is 19.8 Å². The van der Waals surface area contributed by atoms with Gasteiger partial charge in [0, 0.05) is 17.9 Å². The quantitative estimate of drug-likeness (QED) is 0.0438. The Hall–Kier alpha value is -2.91. The number of carboxylic acid groups (broad SMARTS) is 1. The number of aliphatic hydroxyl groups excluding tert-OH is 12. The molecule has 0 aromatic rings. The Balaban J connectivity index is 1.04. The van der Waals surface area contributed by atoms with E-state index in [1.807, 2.05) is 27.7 Å². The molecule has 0 bridgehead atoms. The molecule has 4 saturated carbocycles. The zero-order valence-electron chi connectivity index (χ0n) is 50.9. The number of hydrogen-bond donors (Lipinski definition) is 13.